The van der Waals surface area contributed by atoms with E-state index in [4.69, 9.17) is 46.4 Å². The molecule has 1 saturated heterocycles. The number of hydrogen-bond donors (Lipinski definition) is 4. The third-order valence-electron chi connectivity index (χ3n) is 17.3. The Hall–Kier alpha value is -11.1. The summed E-state index contributed by atoms with van der Waals surface area (Å²) >= 11 is 3.02. The van der Waals surface area contributed by atoms with Crippen molar-refractivity contribution in [3.05, 3.63) is 288 Å². The van der Waals surface area contributed by atoms with Crippen molar-refractivity contribution in [2.75, 3.05) is 21.3 Å². The normalized spacial score (nSPS) is 12.4. The molecule has 0 aliphatic carbocycles. The third-order valence-corrected chi connectivity index (χ3v) is 18.0. The Labute approximate surface area is 604 Å². The summed E-state index contributed by atoms with van der Waals surface area (Å²) in [6.45, 7) is 12.5. The van der Waals surface area contributed by atoms with E-state index in [2.05, 4.69) is 81.7 Å². The Kier molecular flexibility index (Phi) is 24.7. The van der Waals surface area contributed by atoms with Gasteiger partial charge >= 0.3 is 14.8 Å². The lowest BCUT2D eigenvalue weighted by atomic mass is 9.76. The first-order valence-corrected chi connectivity index (χ1v) is 33.6. The molecule has 13 nitrogen and oxygen atoms in total. The lowest BCUT2D eigenvalue weighted by Crippen LogP contribution is -2.41. The molecule has 103 heavy (non-hydrogen) atoms. The Morgan fingerprint density at radius 1 is 0.417 bits per heavy atom. The van der Waals surface area contributed by atoms with Crippen LogP contribution in [-0.2, 0) is 15.7 Å². The Morgan fingerprint density at radius 3 is 1.30 bits per heavy atom. The SMILES string of the molecule is CC1(C)OB(c2cccc3oc4ccccc4c23)OC1(C)C.CCc1cccc(OC)c1-c1ccccc1F.COc1cccc(OC)c1O[B]O.Cc1cccc2oc3ccccc3c12.Fc1ccccc1Br.Oc1cccc(O)c1-c1ccccc1F.Oc1cccc2oc3ccccc3c12. The zero-order valence-corrected chi connectivity index (χ0v) is 59.7. The fourth-order valence-electron chi connectivity index (χ4n) is 11.6. The number of methoxy groups -OCH3 is 3. The fourth-order valence-corrected chi connectivity index (χ4v) is 11.9. The van der Waals surface area contributed by atoms with Crippen LogP contribution >= 0.6 is 15.9 Å². The van der Waals surface area contributed by atoms with Crippen LogP contribution in [0.3, 0.4) is 0 Å². The number of para-hydroxylation sites is 4. The van der Waals surface area contributed by atoms with Crippen LogP contribution in [0.1, 0.15) is 45.7 Å². The van der Waals surface area contributed by atoms with Crippen molar-refractivity contribution in [1.29, 1.82) is 0 Å². The maximum absolute atomic E-state index is 13.9. The second kappa shape index (κ2) is 34.1. The lowest BCUT2D eigenvalue weighted by Gasteiger charge is -2.32. The van der Waals surface area contributed by atoms with E-state index in [0.717, 1.165) is 83.8 Å². The molecule has 0 amide bonds. The molecule has 0 bridgehead atoms. The minimum Gasteiger partial charge on any atom is -0.532 e. The average molecular weight is 1450 g/mol. The Bertz CT molecular complexity index is 5150. The highest BCUT2D eigenvalue weighted by molar-refractivity contribution is 9.10. The molecule has 1 aliphatic heterocycles. The van der Waals surface area contributed by atoms with Gasteiger partial charge in [-0.1, -0.05) is 165 Å². The summed E-state index contributed by atoms with van der Waals surface area (Å²) in [5.74, 6) is 1.17. The molecule has 19 heteroatoms. The van der Waals surface area contributed by atoms with Gasteiger partial charge in [-0.2, -0.15) is 0 Å². The summed E-state index contributed by atoms with van der Waals surface area (Å²) in [5.41, 5.74) is 9.70. The Morgan fingerprint density at radius 2 is 0.806 bits per heavy atom. The second-order valence-electron chi connectivity index (χ2n) is 24.3. The molecule has 12 aromatic carbocycles. The first kappa shape index (κ1) is 74.6. The van der Waals surface area contributed by atoms with Gasteiger partial charge in [0.15, 0.2) is 17.2 Å². The van der Waals surface area contributed by atoms with Crippen LogP contribution in [0.5, 0.6) is 40.2 Å². The number of fused-ring (bicyclic) bond motifs is 9. The van der Waals surface area contributed by atoms with Crippen molar-refractivity contribution in [2.24, 2.45) is 0 Å². The van der Waals surface area contributed by atoms with E-state index in [9.17, 15) is 28.5 Å². The molecule has 0 spiro atoms. The average Bonchev–Trinajstić information content (AvgIpc) is 1.61. The topological polar surface area (TPSA) is 176 Å². The zero-order valence-electron chi connectivity index (χ0n) is 58.1. The minimum absolute atomic E-state index is 0.121. The van der Waals surface area contributed by atoms with E-state index in [1.807, 2.05) is 115 Å². The number of phenols is 3. The van der Waals surface area contributed by atoms with Crippen molar-refractivity contribution in [3.63, 3.8) is 0 Å². The highest BCUT2D eigenvalue weighted by Crippen LogP contribution is 2.42. The van der Waals surface area contributed by atoms with E-state index in [1.165, 1.54) is 73.0 Å². The van der Waals surface area contributed by atoms with Gasteiger partial charge in [-0.05, 0) is 171 Å². The largest absolute Gasteiger partial charge is 0.569 e. The van der Waals surface area contributed by atoms with Crippen molar-refractivity contribution < 1.29 is 74.9 Å². The number of hydrogen-bond acceptors (Lipinski definition) is 13. The van der Waals surface area contributed by atoms with Gasteiger partial charge in [0.2, 0.25) is 0 Å². The highest BCUT2D eigenvalue weighted by Gasteiger charge is 2.52. The molecular weight excluding hydrogens is 1380 g/mol. The van der Waals surface area contributed by atoms with Gasteiger partial charge in [0.25, 0.3) is 0 Å². The highest BCUT2D eigenvalue weighted by atomic mass is 79.9. The molecule has 1 fully saturated rings. The summed E-state index contributed by atoms with van der Waals surface area (Å²) in [6, 6.07) is 76.0. The quantitative estimate of drug-likeness (QED) is 0.101. The van der Waals surface area contributed by atoms with Crippen LogP contribution < -0.4 is 24.3 Å². The van der Waals surface area contributed by atoms with Gasteiger partial charge in [-0.15, -0.1) is 0 Å². The van der Waals surface area contributed by atoms with E-state index in [1.54, 1.807) is 79.9 Å². The monoisotopic (exact) mass is 1450 g/mol. The van der Waals surface area contributed by atoms with E-state index < -0.39 is 5.82 Å². The molecule has 4 heterocycles. The second-order valence-corrected chi connectivity index (χ2v) is 25.2. The first-order chi connectivity index (χ1) is 49.7. The number of aryl methyl sites for hydroxylation is 2. The maximum atomic E-state index is 13.9. The molecule has 523 valence electrons. The van der Waals surface area contributed by atoms with Gasteiger partial charge in [-0.3, -0.25) is 0 Å². The molecule has 4 N–H and O–H groups in total. The smallest absolute Gasteiger partial charge is 0.532 e. The van der Waals surface area contributed by atoms with Crippen LogP contribution in [0.15, 0.2) is 273 Å². The van der Waals surface area contributed by atoms with Gasteiger partial charge < -0.3 is 61.8 Å². The van der Waals surface area contributed by atoms with Crippen LogP contribution in [0.25, 0.3) is 88.1 Å². The Balaban J connectivity index is 0.000000131. The first-order valence-electron chi connectivity index (χ1n) is 32.8. The number of aromatic hydroxyl groups is 3. The number of ether oxygens (including phenoxy) is 3. The van der Waals surface area contributed by atoms with E-state index in [0.29, 0.717) is 35.0 Å². The van der Waals surface area contributed by atoms with Crippen LogP contribution in [0.2, 0.25) is 0 Å². The summed E-state index contributed by atoms with van der Waals surface area (Å²) in [7, 11) is 4.84. The molecule has 0 unspecified atom stereocenters. The molecule has 16 rings (SSSR count). The molecular formula is C84H75B2BrF3O13. The molecule has 1 aliphatic rings. The predicted molar refractivity (Wildman–Crippen MR) is 408 cm³/mol. The minimum atomic E-state index is -0.477. The number of benzene rings is 12. The summed E-state index contributed by atoms with van der Waals surface area (Å²) in [5, 5.41) is 43.7. The zero-order chi connectivity index (χ0) is 73.4. The fraction of sp³-hybridized carbons (Fsp3) is 0.143. The van der Waals surface area contributed by atoms with Gasteiger partial charge in [-0.25, -0.2) is 13.2 Å². The number of phenolic OH excluding ortho intramolecular Hbond substituents is 3. The number of furan rings is 3. The van der Waals surface area contributed by atoms with Crippen LogP contribution in [0, 0.1) is 24.4 Å². The number of rotatable bonds is 9. The maximum Gasteiger partial charge on any atom is 0.569 e. The summed E-state index contributed by atoms with van der Waals surface area (Å²) in [4.78, 5) is 0. The molecule has 1 radical (unpaired) electrons. The van der Waals surface area contributed by atoms with Crippen molar-refractivity contribution in [2.45, 2.75) is 59.2 Å². The molecule has 15 aromatic rings. The van der Waals surface area contributed by atoms with Gasteiger partial charge in [0.05, 0.1) is 48.0 Å². The van der Waals surface area contributed by atoms with Crippen molar-refractivity contribution in [3.8, 4) is 62.5 Å². The molecule has 3 aromatic heterocycles. The lowest BCUT2D eigenvalue weighted by molar-refractivity contribution is 0.00578. The summed E-state index contributed by atoms with van der Waals surface area (Å²) < 4.78 is 89.9. The molecule has 0 saturated carbocycles. The third kappa shape index (κ3) is 17.1. The summed E-state index contributed by atoms with van der Waals surface area (Å²) in [6.07, 6.45) is 0.848. The predicted octanol–water partition coefficient (Wildman–Crippen LogP) is 21.2. The van der Waals surface area contributed by atoms with E-state index >= 15 is 0 Å². The van der Waals surface area contributed by atoms with Crippen molar-refractivity contribution in [1.82, 2.24) is 0 Å². The van der Waals surface area contributed by atoms with Gasteiger partial charge in [0, 0.05) is 43.6 Å². The molecule has 0 atom stereocenters. The number of halogens is 4. The van der Waals surface area contributed by atoms with Gasteiger partial charge in [0.1, 0.15) is 73.9 Å². The van der Waals surface area contributed by atoms with Crippen molar-refractivity contribution >= 4 is 102 Å². The standard InChI is InChI=1S/C18H19BO3.C15H15FO.C13H10O.C12H9FO2.C12H8O2.C8H10BO4.C6H4BrF/c1-17(2)18(3,4)22-19(21-17)13-9-7-11-15-16(13)12-8-5-6-10-14(12)20-15;1-3-11-7-6-10-14(17-2)15(11)12-8-4-5-9-13(12)16;1-9-5-4-8-12-13(9)10-6-2-3-7-11(10)14-12;13-9-5-2-1-4-8(9)12-10(14)6-3-7-11(12)15;13-9-5-3-7-11-12(9)8-4-1-2-6-10(8)14-11;1-11-6-4-3-5-7(12-2)8(6)13-9-10;7-5-3-1-2-4-6(5)8/h5-11H,1-4H3;4-10H,3H2,1-2H3;2-8H,1H3;1-7,14-15H;1-7,13H;3-5,10H,1-2H3;1-4H. The van der Waals surface area contributed by atoms with E-state index in [-0.39, 0.29) is 58.3 Å². The van der Waals surface area contributed by atoms with Crippen LogP contribution in [0.4, 0.5) is 13.2 Å². The van der Waals surface area contributed by atoms with Crippen LogP contribution in [-0.4, -0.2) is 67.7 Å².